The van der Waals surface area contributed by atoms with E-state index in [1.807, 2.05) is 32.0 Å². The fourth-order valence-electron chi connectivity index (χ4n) is 2.84. The fraction of sp³-hybridized carbons (Fsp3) is 0.350. The summed E-state index contributed by atoms with van der Waals surface area (Å²) in [4.78, 5) is 12.8. The third-order valence-electron chi connectivity index (χ3n) is 4.30. The number of carbonyl (C=O) groups excluding carboxylic acids is 1. The number of carbonyl (C=O) groups is 1. The van der Waals surface area contributed by atoms with Crippen LogP contribution in [0.3, 0.4) is 0 Å². The molecule has 7 heteroatoms. The Hall–Kier alpha value is -2.54. The lowest BCUT2D eigenvalue weighted by molar-refractivity contribution is -0.116. The average molecular weight is 391 g/mol. The van der Waals surface area contributed by atoms with Crippen LogP contribution in [-0.4, -0.2) is 33.7 Å². The van der Waals surface area contributed by atoms with Gasteiger partial charge in [0.25, 0.3) is 0 Å². The zero-order valence-corrected chi connectivity index (χ0v) is 17.1. The molecule has 0 aliphatic rings. The van der Waals surface area contributed by atoms with Crippen molar-refractivity contribution < 1.29 is 17.9 Å². The number of methoxy groups -OCH3 is 1. The van der Waals surface area contributed by atoms with E-state index < -0.39 is 22.0 Å². The van der Waals surface area contributed by atoms with E-state index in [0.717, 1.165) is 28.1 Å². The second-order valence-corrected chi connectivity index (χ2v) is 8.31. The Bertz CT molecular complexity index is 908. The first kappa shape index (κ1) is 20.8. The molecule has 0 radical (unpaired) electrons. The maximum absolute atomic E-state index is 12.8. The molecule has 1 atom stereocenters. The number of rotatable bonds is 7. The van der Waals surface area contributed by atoms with Gasteiger partial charge >= 0.3 is 0 Å². The van der Waals surface area contributed by atoms with E-state index in [4.69, 9.17) is 4.74 Å². The minimum Gasteiger partial charge on any atom is -0.495 e. The van der Waals surface area contributed by atoms with Crippen molar-refractivity contribution in [3.05, 3.63) is 53.6 Å². The van der Waals surface area contributed by atoms with Crippen LogP contribution < -0.4 is 14.4 Å². The topological polar surface area (TPSA) is 75.7 Å². The molecule has 2 rings (SSSR count). The number of nitrogens with one attached hydrogen (secondary N) is 1. The first-order chi connectivity index (χ1) is 12.7. The fourth-order valence-corrected chi connectivity index (χ4v) is 4.02. The van der Waals surface area contributed by atoms with Gasteiger partial charge in [-0.2, -0.15) is 0 Å². The Morgan fingerprint density at radius 1 is 1.19 bits per heavy atom. The van der Waals surface area contributed by atoms with Crippen molar-refractivity contribution in [3.63, 3.8) is 0 Å². The summed E-state index contributed by atoms with van der Waals surface area (Å²) in [7, 11) is -2.14. The molecule has 0 heterocycles. The number of aryl methyl sites for hydroxylation is 2. The largest absolute Gasteiger partial charge is 0.495 e. The van der Waals surface area contributed by atoms with Gasteiger partial charge in [-0.15, -0.1) is 0 Å². The summed E-state index contributed by atoms with van der Waals surface area (Å²) in [5.74, 6) is 0.0725. The van der Waals surface area contributed by atoms with Gasteiger partial charge in [0.1, 0.15) is 11.8 Å². The molecule has 0 bridgehead atoms. The Morgan fingerprint density at radius 2 is 1.81 bits per heavy atom. The zero-order valence-electron chi connectivity index (χ0n) is 16.3. The molecule has 6 nitrogen and oxygen atoms in total. The number of benzene rings is 2. The Kier molecular flexibility index (Phi) is 6.49. The zero-order chi connectivity index (χ0) is 20.2. The summed E-state index contributed by atoms with van der Waals surface area (Å²) in [5, 5.41) is 2.78. The highest BCUT2D eigenvalue weighted by atomic mass is 32.2. The first-order valence-electron chi connectivity index (χ1n) is 8.71. The van der Waals surface area contributed by atoms with Crippen molar-refractivity contribution >= 4 is 27.3 Å². The van der Waals surface area contributed by atoms with E-state index in [2.05, 4.69) is 5.32 Å². The number of hydrogen-bond donors (Lipinski definition) is 1. The van der Waals surface area contributed by atoms with Crippen LogP contribution in [0.25, 0.3) is 0 Å². The van der Waals surface area contributed by atoms with Crippen LogP contribution in [-0.2, 0) is 21.2 Å². The average Bonchev–Trinajstić information content (AvgIpc) is 2.61. The summed E-state index contributed by atoms with van der Waals surface area (Å²) < 4.78 is 31.2. The van der Waals surface area contributed by atoms with E-state index in [1.54, 1.807) is 31.2 Å². The highest BCUT2D eigenvalue weighted by molar-refractivity contribution is 7.92. The number of amides is 1. The predicted octanol–water partition coefficient (Wildman–Crippen LogP) is 3.36. The van der Waals surface area contributed by atoms with Crippen molar-refractivity contribution in [1.29, 1.82) is 0 Å². The van der Waals surface area contributed by atoms with Crippen molar-refractivity contribution in [2.45, 2.75) is 33.2 Å². The molecule has 1 amide bonds. The van der Waals surface area contributed by atoms with Gasteiger partial charge in [-0.05, 0) is 55.7 Å². The SMILES string of the molecule is CCc1ccc(N([C@@H](C)C(=O)Nc2cc(C)ccc2OC)S(C)(=O)=O)cc1. The second kappa shape index (κ2) is 8.43. The van der Waals surface area contributed by atoms with Crippen LogP contribution >= 0.6 is 0 Å². The van der Waals surface area contributed by atoms with Crippen molar-refractivity contribution in [2.24, 2.45) is 0 Å². The van der Waals surface area contributed by atoms with Crippen LogP contribution in [0.15, 0.2) is 42.5 Å². The molecule has 27 heavy (non-hydrogen) atoms. The lowest BCUT2D eigenvalue weighted by Crippen LogP contribution is -2.45. The highest BCUT2D eigenvalue weighted by Crippen LogP contribution is 2.27. The van der Waals surface area contributed by atoms with Gasteiger partial charge in [-0.25, -0.2) is 8.42 Å². The quantitative estimate of drug-likeness (QED) is 0.787. The smallest absolute Gasteiger partial charge is 0.248 e. The van der Waals surface area contributed by atoms with E-state index in [9.17, 15) is 13.2 Å². The summed E-state index contributed by atoms with van der Waals surface area (Å²) in [5.41, 5.74) is 3.00. The number of anilines is 2. The van der Waals surface area contributed by atoms with Crippen molar-refractivity contribution in [1.82, 2.24) is 0 Å². The number of nitrogens with zero attached hydrogens (tertiary/aromatic N) is 1. The normalized spacial score (nSPS) is 12.3. The molecular formula is C20H26N2O4S. The molecule has 1 N–H and O–H groups in total. The van der Waals surface area contributed by atoms with Gasteiger partial charge < -0.3 is 10.1 Å². The van der Waals surface area contributed by atoms with Gasteiger partial charge in [-0.3, -0.25) is 9.10 Å². The highest BCUT2D eigenvalue weighted by Gasteiger charge is 2.29. The Morgan fingerprint density at radius 3 is 2.33 bits per heavy atom. The molecule has 0 unspecified atom stereocenters. The number of ether oxygens (including phenoxy) is 1. The van der Waals surface area contributed by atoms with Gasteiger partial charge in [0.2, 0.25) is 15.9 Å². The van der Waals surface area contributed by atoms with E-state index in [1.165, 1.54) is 7.11 Å². The maximum atomic E-state index is 12.8. The summed E-state index contributed by atoms with van der Waals surface area (Å²) in [6.45, 7) is 5.48. The van der Waals surface area contributed by atoms with Crippen LogP contribution in [0.5, 0.6) is 5.75 Å². The third-order valence-corrected chi connectivity index (χ3v) is 5.54. The van der Waals surface area contributed by atoms with Gasteiger partial charge in [0.15, 0.2) is 0 Å². The lowest BCUT2D eigenvalue weighted by atomic mass is 10.1. The van der Waals surface area contributed by atoms with E-state index >= 15 is 0 Å². The number of hydrogen-bond acceptors (Lipinski definition) is 4. The van der Waals surface area contributed by atoms with Crippen molar-refractivity contribution in [2.75, 3.05) is 23.0 Å². The molecule has 0 saturated heterocycles. The molecule has 2 aromatic rings. The van der Waals surface area contributed by atoms with Gasteiger partial charge in [0, 0.05) is 0 Å². The summed E-state index contributed by atoms with van der Waals surface area (Å²) >= 11 is 0. The summed E-state index contributed by atoms with van der Waals surface area (Å²) in [6.07, 6.45) is 1.94. The maximum Gasteiger partial charge on any atom is 0.248 e. The second-order valence-electron chi connectivity index (χ2n) is 6.45. The van der Waals surface area contributed by atoms with Crippen LogP contribution in [0.2, 0.25) is 0 Å². The van der Waals surface area contributed by atoms with Crippen LogP contribution in [0.4, 0.5) is 11.4 Å². The van der Waals surface area contributed by atoms with Gasteiger partial charge in [-0.1, -0.05) is 25.1 Å². The molecule has 0 aliphatic carbocycles. The minimum atomic E-state index is -3.66. The molecule has 0 spiro atoms. The molecule has 0 aliphatic heterocycles. The predicted molar refractivity (Wildman–Crippen MR) is 109 cm³/mol. The molecule has 0 saturated carbocycles. The third kappa shape index (κ3) is 5.01. The van der Waals surface area contributed by atoms with E-state index in [-0.39, 0.29) is 0 Å². The molecule has 146 valence electrons. The first-order valence-corrected chi connectivity index (χ1v) is 10.6. The number of sulfonamides is 1. The van der Waals surface area contributed by atoms with Gasteiger partial charge in [0.05, 0.1) is 24.7 Å². The molecule has 0 aromatic heterocycles. The minimum absolute atomic E-state index is 0.441. The molecule has 2 aromatic carbocycles. The van der Waals surface area contributed by atoms with Crippen LogP contribution in [0, 0.1) is 6.92 Å². The lowest BCUT2D eigenvalue weighted by Gasteiger charge is -2.28. The van der Waals surface area contributed by atoms with Crippen molar-refractivity contribution in [3.8, 4) is 5.75 Å². The Labute approximate surface area is 161 Å². The molecule has 0 fully saturated rings. The van der Waals surface area contributed by atoms with E-state index in [0.29, 0.717) is 17.1 Å². The monoisotopic (exact) mass is 390 g/mol. The standard InChI is InChI=1S/C20H26N2O4S/c1-6-16-8-10-17(11-9-16)22(27(5,24)25)15(3)20(23)21-18-13-14(2)7-12-19(18)26-4/h7-13,15H,6H2,1-5H3,(H,21,23)/t15-/m0/s1. The Balaban J connectivity index is 2.33. The molecular weight excluding hydrogens is 364 g/mol. The summed E-state index contributed by atoms with van der Waals surface area (Å²) in [6, 6.07) is 11.6. The van der Waals surface area contributed by atoms with Crippen LogP contribution in [0.1, 0.15) is 25.0 Å².